The van der Waals surface area contributed by atoms with E-state index < -0.39 is 12.1 Å². The Kier molecular flexibility index (Phi) is 11.1. The zero-order valence-corrected chi connectivity index (χ0v) is 16.9. The second kappa shape index (κ2) is 13.1. The molecule has 28 heavy (non-hydrogen) atoms. The molecular weight excluding hydrogens is 362 g/mol. The maximum absolute atomic E-state index is 12.2. The third kappa shape index (κ3) is 8.66. The smallest absolute Gasteiger partial charge is 0.305 e. The normalized spacial score (nSPS) is 15.8. The summed E-state index contributed by atoms with van der Waals surface area (Å²) < 4.78 is 4.56. The Bertz CT molecular complexity index is 643. The van der Waals surface area contributed by atoms with E-state index in [4.69, 9.17) is 0 Å². The molecular formula is C21H31NO6. The van der Waals surface area contributed by atoms with Gasteiger partial charge < -0.3 is 9.84 Å². The van der Waals surface area contributed by atoms with Gasteiger partial charge in [-0.3, -0.25) is 19.7 Å². The Hall–Kier alpha value is -2.20. The summed E-state index contributed by atoms with van der Waals surface area (Å²) in [5, 5.41) is 21.3. The van der Waals surface area contributed by atoms with E-state index in [0.29, 0.717) is 49.7 Å². The van der Waals surface area contributed by atoms with Crippen LogP contribution in [0, 0.1) is 22.0 Å². The second-order valence-electron chi connectivity index (χ2n) is 7.13. The van der Waals surface area contributed by atoms with E-state index in [1.54, 1.807) is 0 Å². The number of carbonyl (C=O) groups excluding carboxylic acids is 2. The van der Waals surface area contributed by atoms with Gasteiger partial charge in [0.05, 0.1) is 7.11 Å². The fourth-order valence-electron chi connectivity index (χ4n) is 3.18. The molecule has 0 aromatic heterocycles. The topological polar surface area (TPSA) is 107 Å². The summed E-state index contributed by atoms with van der Waals surface area (Å²) in [6.07, 6.45) is 5.25. The monoisotopic (exact) mass is 393 g/mol. The minimum absolute atomic E-state index is 0.0556. The summed E-state index contributed by atoms with van der Waals surface area (Å²) in [7, 11) is 1.31. The van der Waals surface area contributed by atoms with Crippen LogP contribution in [-0.2, 0) is 14.3 Å². The summed E-state index contributed by atoms with van der Waals surface area (Å²) in [6, 6.07) is -0.874. The zero-order chi connectivity index (χ0) is 20.9. The van der Waals surface area contributed by atoms with Gasteiger partial charge in [0, 0.05) is 41.8 Å². The number of esters is 1. The van der Waals surface area contributed by atoms with Crippen LogP contribution in [0.4, 0.5) is 0 Å². The minimum atomic E-state index is -0.874. The van der Waals surface area contributed by atoms with E-state index in [0.717, 1.165) is 19.3 Å². The molecule has 0 bridgehead atoms. The van der Waals surface area contributed by atoms with Crippen molar-refractivity contribution in [3.63, 3.8) is 0 Å². The highest BCUT2D eigenvalue weighted by Gasteiger charge is 2.29. The zero-order valence-electron chi connectivity index (χ0n) is 16.9. The van der Waals surface area contributed by atoms with Crippen LogP contribution in [0.2, 0.25) is 0 Å². The molecule has 0 heterocycles. The molecule has 0 aromatic rings. The van der Waals surface area contributed by atoms with Gasteiger partial charge in [0.2, 0.25) is 6.04 Å². The van der Waals surface area contributed by atoms with E-state index in [1.807, 2.05) is 0 Å². The molecule has 0 spiro atoms. The molecule has 0 amide bonds. The van der Waals surface area contributed by atoms with Gasteiger partial charge >= 0.3 is 5.97 Å². The number of rotatable bonds is 12. The summed E-state index contributed by atoms with van der Waals surface area (Å²) in [5.41, 5.74) is 1.06. The third-order valence-corrected chi connectivity index (χ3v) is 4.91. The molecule has 0 aromatic carbocycles. The lowest BCUT2D eigenvalue weighted by molar-refractivity contribution is -0.522. The highest BCUT2D eigenvalue weighted by molar-refractivity contribution is 5.99. The quantitative estimate of drug-likeness (QED) is 0.179. The third-order valence-electron chi connectivity index (χ3n) is 4.91. The Morgan fingerprint density at radius 1 is 1.25 bits per heavy atom. The number of unbranched alkanes of at least 4 members (excludes halogenated alkanes) is 3. The van der Waals surface area contributed by atoms with Crippen LogP contribution in [0.1, 0.15) is 77.6 Å². The van der Waals surface area contributed by atoms with Gasteiger partial charge in [0.15, 0.2) is 5.78 Å². The lowest BCUT2D eigenvalue weighted by Gasteiger charge is -2.10. The Labute approximate surface area is 166 Å². The van der Waals surface area contributed by atoms with Crippen LogP contribution in [0.5, 0.6) is 0 Å². The maximum atomic E-state index is 12.2. The molecule has 1 rings (SSSR count). The van der Waals surface area contributed by atoms with E-state index in [1.165, 1.54) is 7.11 Å². The van der Waals surface area contributed by atoms with Gasteiger partial charge in [-0.05, 0) is 32.1 Å². The van der Waals surface area contributed by atoms with E-state index in [9.17, 15) is 24.8 Å². The van der Waals surface area contributed by atoms with Crippen LogP contribution in [-0.4, -0.2) is 41.0 Å². The molecule has 0 saturated carbocycles. The molecule has 1 aliphatic rings. The number of allylic oxidation sites excluding steroid dienone is 1. The van der Waals surface area contributed by atoms with Crippen molar-refractivity contribution in [1.29, 1.82) is 0 Å². The van der Waals surface area contributed by atoms with Crippen molar-refractivity contribution in [2.24, 2.45) is 0 Å². The van der Waals surface area contributed by atoms with Crippen LogP contribution in [0.15, 0.2) is 11.1 Å². The average Bonchev–Trinajstić information content (AvgIpc) is 3.01. The number of ether oxygens (including phenoxy) is 1. The number of nitro groups is 1. The van der Waals surface area contributed by atoms with Crippen molar-refractivity contribution in [2.45, 2.75) is 89.7 Å². The van der Waals surface area contributed by atoms with Crippen LogP contribution >= 0.6 is 0 Å². The first kappa shape index (κ1) is 23.8. The molecule has 2 atom stereocenters. The fourth-order valence-corrected chi connectivity index (χ4v) is 3.18. The summed E-state index contributed by atoms with van der Waals surface area (Å²) >= 11 is 0. The van der Waals surface area contributed by atoms with Gasteiger partial charge in [-0.15, -0.1) is 0 Å². The molecule has 2 unspecified atom stereocenters. The van der Waals surface area contributed by atoms with Gasteiger partial charge in [0.1, 0.15) is 6.10 Å². The molecule has 0 radical (unpaired) electrons. The number of ketones is 1. The first-order valence-electron chi connectivity index (χ1n) is 10.0. The summed E-state index contributed by atoms with van der Waals surface area (Å²) in [6.45, 7) is 2.08. The van der Waals surface area contributed by atoms with Crippen LogP contribution in [0.3, 0.4) is 0 Å². The maximum Gasteiger partial charge on any atom is 0.305 e. The fraction of sp³-hybridized carbons (Fsp3) is 0.714. The number of nitrogens with zero attached hydrogens (tertiary/aromatic N) is 1. The largest absolute Gasteiger partial charge is 0.469 e. The van der Waals surface area contributed by atoms with Gasteiger partial charge in [-0.1, -0.05) is 31.6 Å². The Morgan fingerprint density at radius 3 is 2.61 bits per heavy atom. The Balaban J connectivity index is 2.70. The van der Waals surface area contributed by atoms with Crippen LogP contribution in [0.25, 0.3) is 0 Å². The van der Waals surface area contributed by atoms with Gasteiger partial charge in [0.25, 0.3) is 0 Å². The highest BCUT2D eigenvalue weighted by Crippen LogP contribution is 2.28. The Morgan fingerprint density at radius 2 is 1.96 bits per heavy atom. The lowest BCUT2D eigenvalue weighted by Crippen LogP contribution is -2.21. The predicted molar refractivity (Wildman–Crippen MR) is 105 cm³/mol. The number of aliphatic hydroxyl groups excluding tert-OH is 1. The molecule has 0 aliphatic heterocycles. The molecule has 7 heteroatoms. The molecule has 1 N–H and O–H groups in total. The van der Waals surface area contributed by atoms with Crippen molar-refractivity contribution >= 4 is 11.8 Å². The van der Waals surface area contributed by atoms with Gasteiger partial charge in [-0.2, -0.15) is 0 Å². The number of hydrogen-bond donors (Lipinski definition) is 1. The molecule has 156 valence electrons. The molecule has 0 saturated heterocycles. The first-order chi connectivity index (χ1) is 13.4. The molecule has 1 aliphatic carbocycles. The summed E-state index contributed by atoms with van der Waals surface area (Å²) in [4.78, 5) is 34.3. The number of methoxy groups -OCH3 is 1. The minimum Gasteiger partial charge on any atom is -0.469 e. The van der Waals surface area contributed by atoms with Crippen molar-refractivity contribution in [3.05, 3.63) is 21.3 Å². The SMILES string of the molecule is CCCCCC(O)C#CC1=C(CC(CCCCC(=O)OC)[N+](=O)[O-])C(=O)CC1. The number of carbonyl (C=O) groups is 2. The number of hydrogen-bond acceptors (Lipinski definition) is 6. The average molecular weight is 393 g/mol. The highest BCUT2D eigenvalue weighted by atomic mass is 16.6. The van der Waals surface area contributed by atoms with Crippen molar-refractivity contribution in [1.82, 2.24) is 0 Å². The van der Waals surface area contributed by atoms with Gasteiger partial charge in [-0.25, -0.2) is 0 Å². The van der Waals surface area contributed by atoms with Crippen molar-refractivity contribution in [2.75, 3.05) is 7.11 Å². The van der Waals surface area contributed by atoms with E-state index in [-0.39, 0.29) is 29.5 Å². The molecule has 7 nitrogen and oxygen atoms in total. The standard InChI is InChI=1S/C21H31NO6/c1-3-4-5-9-18(23)13-11-16-12-14-20(24)19(16)15-17(22(26)27)8-6-7-10-21(25)28-2/h17-18,23H,3-10,12,14-15H2,1-2H3. The summed E-state index contributed by atoms with van der Waals surface area (Å²) in [5.74, 6) is 5.26. The van der Waals surface area contributed by atoms with Crippen molar-refractivity contribution < 1.29 is 24.4 Å². The van der Waals surface area contributed by atoms with E-state index in [2.05, 4.69) is 23.5 Å². The predicted octanol–water partition coefficient (Wildman–Crippen LogP) is 3.36. The lowest BCUT2D eigenvalue weighted by atomic mass is 9.98. The van der Waals surface area contributed by atoms with Crippen LogP contribution < -0.4 is 0 Å². The molecule has 0 fully saturated rings. The number of Topliss-reactive ketones (excluding diaryl/α,β-unsaturated/α-hetero) is 1. The second-order valence-corrected chi connectivity index (χ2v) is 7.13. The van der Waals surface area contributed by atoms with E-state index >= 15 is 0 Å². The first-order valence-corrected chi connectivity index (χ1v) is 10.0. The number of aliphatic hydroxyl groups is 1. The van der Waals surface area contributed by atoms with Crippen molar-refractivity contribution in [3.8, 4) is 11.8 Å².